The molecule has 4 N–H and O–H groups in total. The molecule has 142 valence electrons. The minimum Gasteiger partial charge on any atom is -0.365 e. The van der Waals surface area contributed by atoms with Crippen LogP contribution < -0.4 is 16.4 Å². The van der Waals surface area contributed by atoms with E-state index in [1.165, 1.54) is 16.2 Å². The minimum absolute atomic E-state index is 0.161. The van der Waals surface area contributed by atoms with Crippen molar-refractivity contribution < 1.29 is 9.59 Å². The third-order valence-corrected chi connectivity index (χ3v) is 6.21. The van der Waals surface area contributed by atoms with Crippen LogP contribution in [0.15, 0.2) is 24.3 Å². The molecule has 0 bridgehead atoms. The van der Waals surface area contributed by atoms with Gasteiger partial charge in [0.2, 0.25) is 0 Å². The van der Waals surface area contributed by atoms with Crippen molar-refractivity contribution in [2.45, 2.75) is 39.5 Å². The first-order valence-electron chi connectivity index (χ1n) is 9.04. The van der Waals surface area contributed by atoms with Crippen LogP contribution in [0.5, 0.6) is 0 Å². The molecule has 1 aliphatic rings. The molecule has 1 aromatic carbocycles. The van der Waals surface area contributed by atoms with E-state index in [2.05, 4.69) is 24.5 Å². The fraction of sp³-hybridized carbons (Fsp3) is 0.350. The molecule has 0 aliphatic heterocycles. The number of hydrogen-bond acceptors (Lipinski definition) is 4. The number of nitrogens with one attached hydrogen (secondary N) is 2. The number of carbonyl (C=O) groups is 2. The topological polar surface area (TPSA) is 84.2 Å². The Hall–Kier alpha value is -2.25. The minimum atomic E-state index is -0.464. The Bertz CT molecular complexity index is 887. The van der Waals surface area contributed by atoms with Gasteiger partial charge in [0.1, 0.15) is 5.00 Å². The van der Waals surface area contributed by atoms with Gasteiger partial charge in [0.15, 0.2) is 5.11 Å². The van der Waals surface area contributed by atoms with E-state index in [0.29, 0.717) is 22.0 Å². The predicted octanol–water partition coefficient (Wildman–Crippen LogP) is 3.66. The Kier molecular flexibility index (Phi) is 5.92. The van der Waals surface area contributed by atoms with Gasteiger partial charge in [0.25, 0.3) is 11.8 Å². The van der Waals surface area contributed by atoms with Crippen LogP contribution in [-0.2, 0) is 19.3 Å². The molecule has 2 aromatic rings. The van der Waals surface area contributed by atoms with Crippen LogP contribution in [-0.4, -0.2) is 16.9 Å². The normalized spacial score (nSPS) is 15.7. The summed E-state index contributed by atoms with van der Waals surface area (Å²) in [5.74, 6) is -0.165. The fourth-order valence-corrected chi connectivity index (χ4v) is 4.98. The van der Waals surface area contributed by atoms with Crippen LogP contribution in [0.3, 0.4) is 0 Å². The molecule has 3 rings (SSSR count). The largest absolute Gasteiger partial charge is 0.365 e. The highest BCUT2D eigenvalue weighted by Crippen LogP contribution is 2.39. The molecule has 1 aliphatic carbocycles. The van der Waals surface area contributed by atoms with Crippen LogP contribution in [0.1, 0.15) is 57.0 Å². The molecule has 0 radical (unpaired) electrons. The zero-order valence-electron chi connectivity index (χ0n) is 15.4. The van der Waals surface area contributed by atoms with Crippen molar-refractivity contribution in [2.75, 3.05) is 5.32 Å². The lowest BCUT2D eigenvalue weighted by atomic mass is 9.88. The standard InChI is InChI=1S/C20H23N3O2S2/c1-3-12-5-7-13(8-6-12)18(25)22-20(26)23-19-16(17(21)24)14-9-4-11(2)10-15(14)27-19/h5-8,11H,3-4,9-10H2,1-2H3,(H2,21,24)(H2,22,23,25,26)/t11-/m1/s1. The molecule has 27 heavy (non-hydrogen) atoms. The summed E-state index contributed by atoms with van der Waals surface area (Å²) in [7, 11) is 0. The number of rotatable bonds is 4. The molecule has 0 spiro atoms. The van der Waals surface area contributed by atoms with Gasteiger partial charge >= 0.3 is 0 Å². The second-order valence-corrected chi connectivity index (χ2v) is 8.39. The lowest BCUT2D eigenvalue weighted by Crippen LogP contribution is -2.34. The summed E-state index contributed by atoms with van der Waals surface area (Å²) in [5.41, 5.74) is 8.84. The van der Waals surface area contributed by atoms with E-state index in [9.17, 15) is 9.59 Å². The molecule has 2 amide bonds. The van der Waals surface area contributed by atoms with Crippen molar-refractivity contribution in [1.82, 2.24) is 5.32 Å². The second kappa shape index (κ2) is 8.19. The van der Waals surface area contributed by atoms with Crippen molar-refractivity contribution >= 4 is 45.5 Å². The summed E-state index contributed by atoms with van der Waals surface area (Å²) in [6.45, 7) is 4.26. The van der Waals surface area contributed by atoms with Gasteiger partial charge in [0, 0.05) is 10.4 Å². The van der Waals surface area contributed by atoms with Gasteiger partial charge < -0.3 is 11.1 Å². The molecule has 0 unspecified atom stereocenters. The van der Waals surface area contributed by atoms with E-state index in [0.717, 1.165) is 36.8 Å². The maximum absolute atomic E-state index is 12.4. The Morgan fingerprint density at radius 2 is 2.00 bits per heavy atom. The van der Waals surface area contributed by atoms with Gasteiger partial charge in [0.05, 0.1) is 5.56 Å². The van der Waals surface area contributed by atoms with Crippen molar-refractivity contribution in [2.24, 2.45) is 11.7 Å². The van der Waals surface area contributed by atoms with Gasteiger partial charge in [-0.3, -0.25) is 14.9 Å². The number of benzene rings is 1. The van der Waals surface area contributed by atoms with Gasteiger partial charge in [-0.15, -0.1) is 11.3 Å². The molecule has 5 nitrogen and oxygen atoms in total. The average Bonchev–Trinajstić information content (AvgIpc) is 2.98. The van der Waals surface area contributed by atoms with E-state index in [-0.39, 0.29) is 11.0 Å². The van der Waals surface area contributed by atoms with Crippen LogP contribution in [0.4, 0.5) is 5.00 Å². The van der Waals surface area contributed by atoms with Crippen LogP contribution >= 0.6 is 23.6 Å². The fourth-order valence-electron chi connectivity index (χ4n) is 3.30. The van der Waals surface area contributed by atoms with Crippen molar-refractivity contribution in [3.63, 3.8) is 0 Å². The SMILES string of the molecule is CCc1ccc(C(=O)NC(=S)Nc2sc3c(c2C(N)=O)CC[C@@H](C)C3)cc1. The highest BCUT2D eigenvalue weighted by atomic mass is 32.1. The third kappa shape index (κ3) is 4.36. The maximum atomic E-state index is 12.4. The van der Waals surface area contributed by atoms with Crippen LogP contribution in [0.25, 0.3) is 0 Å². The summed E-state index contributed by atoms with van der Waals surface area (Å²) in [4.78, 5) is 25.5. The number of anilines is 1. The Morgan fingerprint density at radius 1 is 1.30 bits per heavy atom. The molecule has 0 fully saturated rings. The van der Waals surface area contributed by atoms with Crippen LogP contribution in [0.2, 0.25) is 0 Å². The molecule has 0 saturated carbocycles. The number of thiophene rings is 1. The first kappa shape index (κ1) is 19.5. The number of nitrogens with two attached hydrogens (primary N) is 1. The van der Waals surface area contributed by atoms with Gasteiger partial charge in [-0.25, -0.2) is 0 Å². The van der Waals surface area contributed by atoms with Crippen molar-refractivity contribution in [3.05, 3.63) is 51.4 Å². The smallest absolute Gasteiger partial charge is 0.257 e. The first-order valence-corrected chi connectivity index (χ1v) is 10.3. The van der Waals surface area contributed by atoms with E-state index in [1.807, 2.05) is 12.1 Å². The first-order chi connectivity index (χ1) is 12.9. The molecule has 1 aromatic heterocycles. The lowest BCUT2D eigenvalue weighted by Gasteiger charge is -2.18. The summed E-state index contributed by atoms with van der Waals surface area (Å²) in [6.07, 6.45) is 3.73. The molecular weight excluding hydrogens is 378 g/mol. The number of thiocarbonyl (C=S) groups is 1. The Morgan fingerprint density at radius 3 is 2.63 bits per heavy atom. The number of carbonyl (C=O) groups excluding carboxylic acids is 2. The van der Waals surface area contributed by atoms with E-state index < -0.39 is 5.91 Å². The molecule has 1 atom stereocenters. The zero-order valence-corrected chi connectivity index (χ0v) is 17.1. The maximum Gasteiger partial charge on any atom is 0.257 e. The quantitative estimate of drug-likeness (QED) is 0.683. The summed E-state index contributed by atoms with van der Waals surface area (Å²) in [5, 5.41) is 6.46. The monoisotopic (exact) mass is 401 g/mol. The highest BCUT2D eigenvalue weighted by molar-refractivity contribution is 7.80. The van der Waals surface area contributed by atoms with Gasteiger partial charge in [-0.1, -0.05) is 26.0 Å². The summed E-state index contributed by atoms with van der Waals surface area (Å²) < 4.78 is 0. The molecule has 1 heterocycles. The number of hydrogen-bond donors (Lipinski definition) is 3. The highest BCUT2D eigenvalue weighted by Gasteiger charge is 2.27. The van der Waals surface area contributed by atoms with E-state index >= 15 is 0 Å². The predicted molar refractivity (Wildman–Crippen MR) is 114 cm³/mol. The third-order valence-electron chi connectivity index (χ3n) is 4.84. The second-order valence-electron chi connectivity index (χ2n) is 6.88. The molecule has 7 heteroatoms. The van der Waals surface area contributed by atoms with Crippen LogP contribution in [0, 0.1) is 5.92 Å². The Labute approximate surface area is 168 Å². The average molecular weight is 402 g/mol. The zero-order chi connectivity index (χ0) is 19.6. The molecule has 0 saturated heterocycles. The molecular formula is C20H23N3O2S2. The lowest BCUT2D eigenvalue weighted by molar-refractivity contribution is 0.0975. The van der Waals surface area contributed by atoms with Gasteiger partial charge in [-0.05, 0) is 67.1 Å². The Balaban J connectivity index is 1.73. The van der Waals surface area contributed by atoms with E-state index in [1.54, 1.807) is 12.1 Å². The van der Waals surface area contributed by atoms with E-state index in [4.69, 9.17) is 18.0 Å². The van der Waals surface area contributed by atoms with Gasteiger partial charge in [-0.2, -0.15) is 0 Å². The number of fused-ring (bicyclic) bond motifs is 1. The van der Waals surface area contributed by atoms with Crippen molar-refractivity contribution in [1.29, 1.82) is 0 Å². The van der Waals surface area contributed by atoms with Crippen molar-refractivity contribution in [3.8, 4) is 0 Å². The number of aryl methyl sites for hydroxylation is 1. The summed E-state index contributed by atoms with van der Waals surface area (Å²) >= 11 is 6.78. The number of amides is 2. The number of primary amides is 1. The summed E-state index contributed by atoms with van der Waals surface area (Å²) in [6, 6.07) is 7.39.